The number of rotatable bonds is 7. The summed E-state index contributed by atoms with van der Waals surface area (Å²) >= 11 is 0. The van der Waals surface area contributed by atoms with E-state index in [0.29, 0.717) is 12.0 Å². The van der Waals surface area contributed by atoms with Crippen molar-refractivity contribution in [2.75, 3.05) is 62.8 Å². The molecule has 10 nitrogen and oxygen atoms in total. The van der Waals surface area contributed by atoms with Gasteiger partial charge in [-0.2, -0.15) is 0 Å². The molecular formula is C27H35N7O3. The number of hydrogen-bond donors (Lipinski definition) is 1. The minimum absolute atomic E-state index is 0.153. The highest BCUT2D eigenvalue weighted by Crippen LogP contribution is 2.33. The Kier molecular flexibility index (Phi) is 7.57. The lowest BCUT2D eigenvalue weighted by Crippen LogP contribution is -2.36. The molecule has 3 aromatic rings. The summed E-state index contributed by atoms with van der Waals surface area (Å²) in [6, 6.07) is 4.58. The summed E-state index contributed by atoms with van der Waals surface area (Å²) in [5, 5.41) is 3.53. The molecule has 10 heteroatoms. The number of benzene rings is 1. The maximum absolute atomic E-state index is 6.55. The summed E-state index contributed by atoms with van der Waals surface area (Å²) in [5.74, 6) is 1.53. The molecule has 37 heavy (non-hydrogen) atoms. The molecule has 0 radical (unpaired) electrons. The molecule has 0 amide bonds. The van der Waals surface area contributed by atoms with Gasteiger partial charge in [0.25, 0.3) is 0 Å². The van der Waals surface area contributed by atoms with Gasteiger partial charge in [-0.3, -0.25) is 9.88 Å². The summed E-state index contributed by atoms with van der Waals surface area (Å²) in [4.78, 5) is 23.0. The van der Waals surface area contributed by atoms with Crippen LogP contribution >= 0.6 is 0 Å². The van der Waals surface area contributed by atoms with Crippen LogP contribution in [0.1, 0.15) is 31.2 Å². The number of ether oxygens (including phenoxy) is 3. The molecule has 6 rings (SSSR count). The standard InChI is InChI=1S/C27H35N7O3/c1-3-23(4-2-21(1)32-27-30-17-20(18-31-27)19-33-7-11-35-12-8-33)37-25-16-22(34-9-13-36-14-10-34)15-24-26(25)29-6-5-28-24/h5-6,15-18,21,23H,1-4,7-14,19H2,(H,30,31,32)/t21-,23+. The van der Waals surface area contributed by atoms with Crippen LogP contribution in [0.4, 0.5) is 11.6 Å². The van der Waals surface area contributed by atoms with Gasteiger partial charge in [-0.15, -0.1) is 0 Å². The Labute approximate surface area is 217 Å². The predicted octanol–water partition coefficient (Wildman–Crippen LogP) is 2.89. The summed E-state index contributed by atoms with van der Waals surface area (Å²) in [6.07, 6.45) is 11.5. The van der Waals surface area contributed by atoms with Crippen LogP contribution in [0.25, 0.3) is 11.0 Å². The lowest BCUT2D eigenvalue weighted by Gasteiger charge is -2.31. The molecule has 3 aliphatic rings. The van der Waals surface area contributed by atoms with E-state index in [1.54, 1.807) is 12.4 Å². The maximum Gasteiger partial charge on any atom is 0.222 e. The summed E-state index contributed by atoms with van der Waals surface area (Å²) < 4.78 is 17.5. The molecule has 1 saturated carbocycles. The van der Waals surface area contributed by atoms with E-state index in [9.17, 15) is 0 Å². The summed E-state index contributed by atoms with van der Waals surface area (Å²) in [6.45, 7) is 7.63. The zero-order valence-corrected chi connectivity index (χ0v) is 21.2. The highest BCUT2D eigenvalue weighted by atomic mass is 16.5. The van der Waals surface area contributed by atoms with E-state index in [1.165, 1.54) is 0 Å². The van der Waals surface area contributed by atoms with Crippen molar-refractivity contribution in [3.63, 3.8) is 0 Å². The molecule has 3 fully saturated rings. The third kappa shape index (κ3) is 6.08. The van der Waals surface area contributed by atoms with Gasteiger partial charge >= 0.3 is 0 Å². The average Bonchev–Trinajstić information content (AvgIpc) is 2.96. The van der Waals surface area contributed by atoms with Crippen LogP contribution < -0.4 is 15.0 Å². The summed E-state index contributed by atoms with van der Waals surface area (Å²) in [7, 11) is 0. The van der Waals surface area contributed by atoms with Gasteiger partial charge < -0.3 is 24.4 Å². The minimum atomic E-state index is 0.153. The van der Waals surface area contributed by atoms with Crippen LogP contribution in [0.2, 0.25) is 0 Å². The number of nitrogens with zero attached hydrogens (tertiary/aromatic N) is 6. The Bertz CT molecular complexity index is 1160. The first-order valence-electron chi connectivity index (χ1n) is 13.4. The molecule has 0 bridgehead atoms. The molecule has 1 aromatic carbocycles. The molecule has 0 spiro atoms. The van der Waals surface area contributed by atoms with Crippen LogP contribution in [0.3, 0.4) is 0 Å². The van der Waals surface area contributed by atoms with Crippen LogP contribution in [0, 0.1) is 0 Å². The van der Waals surface area contributed by atoms with E-state index >= 15 is 0 Å². The Morgan fingerprint density at radius 3 is 2.30 bits per heavy atom. The Morgan fingerprint density at radius 1 is 0.838 bits per heavy atom. The maximum atomic E-state index is 6.55. The molecule has 4 heterocycles. The van der Waals surface area contributed by atoms with Crippen LogP contribution in [-0.2, 0) is 16.0 Å². The lowest BCUT2D eigenvalue weighted by molar-refractivity contribution is 0.0341. The number of hydrogen-bond acceptors (Lipinski definition) is 10. The van der Waals surface area contributed by atoms with Gasteiger partial charge in [0.05, 0.1) is 38.0 Å². The van der Waals surface area contributed by atoms with Crippen molar-refractivity contribution >= 4 is 22.7 Å². The van der Waals surface area contributed by atoms with Crippen LogP contribution in [-0.4, -0.2) is 89.6 Å². The van der Waals surface area contributed by atoms with Gasteiger partial charge in [-0.25, -0.2) is 15.0 Å². The second kappa shape index (κ2) is 11.5. The van der Waals surface area contributed by atoms with E-state index in [1.807, 2.05) is 12.4 Å². The average molecular weight is 506 g/mol. The summed E-state index contributed by atoms with van der Waals surface area (Å²) in [5.41, 5.74) is 3.95. The minimum Gasteiger partial charge on any atom is -0.488 e. The van der Waals surface area contributed by atoms with Gasteiger partial charge in [-0.05, 0) is 31.7 Å². The second-order valence-corrected chi connectivity index (χ2v) is 10.0. The third-order valence-corrected chi connectivity index (χ3v) is 7.42. The Balaban J connectivity index is 1.05. The molecule has 0 atom stereocenters. The molecule has 196 valence electrons. The van der Waals surface area contributed by atoms with Crippen molar-refractivity contribution in [3.05, 3.63) is 42.5 Å². The van der Waals surface area contributed by atoms with Crippen LogP contribution in [0.5, 0.6) is 5.75 Å². The molecule has 2 saturated heterocycles. The number of aromatic nitrogens is 4. The van der Waals surface area contributed by atoms with Gasteiger partial charge in [0.2, 0.25) is 5.95 Å². The zero-order chi connectivity index (χ0) is 24.9. The van der Waals surface area contributed by atoms with Gasteiger partial charge in [0.15, 0.2) is 0 Å². The van der Waals surface area contributed by atoms with Gasteiger partial charge in [0, 0.05) is 80.9 Å². The van der Waals surface area contributed by atoms with E-state index < -0.39 is 0 Å². The number of morpholine rings is 2. The predicted molar refractivity (Wildman–Crippen MR) is 141 cm³/mol. The van der Waals surface area contributed by atoms with Gasteiger partial charge in [-0.1, -0.05) is 0 Å². The topological polar surface area (TPSA) is 97.8 Å². The normalized spacial score (nSPS) is 23.2. The number of fused-ring (bicyclic) bond motifs is 1. The molecule has 2 aromatic heterocycles. The smallest absolute Gasteiger partial charge is 0.222 e. The van der Waals surface area contributed by atoms with E-state index in [2.05, 4.69) is 47.2 Å². The Hall–Kier alpha value is -3.08. The fourth-order valence-electron chi connectivity index (χ4n) is 5.34. The first kappa shape index (κ1) is 24.3. The van der Waals surface area contributed by atoms with Gasteiger partial charge in [0.1, 0.15) is 11.3 Å². The van der Waals surface area contributed by atoms with E-state index in [4.69, 9.17) is 14.2 Å². The highest BCUT2D eigenvalue weighted by molar-refractivity contribution is 5.85. The first-order chi connectivity index (χ1) is 18.3. The zero-order valence-electron chi connectivity index (χ0n) is 21.2. The van der Waals surface area contributed by atoms with Crippen molar-refractivity contribution in [1.29, 1.82) is 0 Å². The largest absolute Gasteiger partial charge is 0.488 e. The molecule has 2 aliphatic heterocycles. The lowest BCUT2D eigenvalue weighted by atomic mass is 9.93. The van der Waals surface area contributed by atoms with E-state index in [-0.39, 0.29) is 6.10 Å². The SMILES string of the molecule is c1cnc2c(O[C@H]3CC[C@@H](Nc4ncc(CN5CCOCC5)cn4)CC3)cc(N3CCOCC3)cc2n1. The van der Waals surface area contributed by atoms with Crippen LogP contribution in [0.15, 0.2) is 36.9 Å². The van der Waals surface area contributed by atoms with Crippen molar-refractivity contribution in [2.45, 2.75) is 44.4 Å². The van der Waals surface area contributed by atoms with Crippen molar-refractivity contribution in [2.24, 2.45) is 0 Å². The molecule has 1 N–H and O–H groups in total. The highest BCUT2D eigenvalue weighted by Gasteiger charge is 2.25. The molecule has 1 aliphatic carbocycles. The van der Waals surface area contributed by atoms with Crippen molar-refractivity contribution in [1.82, 2.24) is 24.8 Å². The van der Waals surface area contributed by atoms with E-state index in [0.717, 1.165) is 113 Å². The van der Waals surface area contributed by atoms with Crippen molar-refractivity contribution < 1.29 is 14.2 Å². The van der Waals surface area contributed by atoms with Crippen molar-refractivity contribution in [3.8, 4) is 5.75 Å². The molecular weight excluding hydrogens is 470 g/mol. The third-order valence-electron chi connectivity index (χ3n) is 7.42. The first-order valence-corrected chi connectivity index (χ1v) is 13.4. The number of anilines is 2. The Morgan fingerprint density at radius 2 is 1.54 bits per heavy atom. The number of nitrogens with one attached hydrogen (secondary N) is 1. The quantitative estimate of drug-likeness (QED) is 0.516. The fraction of sp³-hybridized carbons (Fsp3) is 0.556. The molecule has 0 unspecified atom stereocenters. The monoisotopic (exact) mass is 505 g/mol. The fourth-order valence-corrected chi connectivity index (χ4v) is 5.34. The second-order valence-electron chi connectivity index (χ2n) is 10.0.